The summed E-state index contributed by atoms with van der Waals surface area (Å²) in [6.45, 7) is 3.15. The minimum Gasteiger partial charge on any atom is -0.367 e. The van der Waals surface area contributed by atoms with Crippen LogP contribution in [0.3, 0.4) is 0 Å². The lowest BCUT2D eigenvalue weighted by Crippen LogP contribution is -2.24. The maximum absolute atomic E-state index is 13.7. The lowest BCUT2D eigenvalue weighted by atomic mass is 9.88. The molecule has 0 bridgehead atoms. The third kappa shape index (κ3) is 8.53. The normalized spacial score (nSPS) is 24.5. The number of thioether (sulfide) groups is 2. The number of ether oxygens (including phenoxy) is 1. The summed E-state index contributed by atoms with van der Waals surface area (Å²) in [5, 5.41) is 3.36. The highest BCUT2D eigenvalue weighted by molar-refractivity contribution is 7.99. The number of aromatic nitrogens is 4. The zero-order valence-corrected chi connectivity index (χ0v) is 32.9. The number of imidazole rings is 1. The Bertz CT molecular complexity index is 1610. The van der Waals surface area contributed by atoms with Crippen molar-refractivity contribution in [1.82, 2.24) is 19.5 Å². The summed E-state index contributed by atoms with van der Waals surface area (Å²) in [5.41, 5.74) is 0.394. The molecule has 49 heavy (non-hydrogen) atoms. The van der Waals surface area contributed by atoms with Gasteiger partial charge in [-0.05, 0) is 31.9 Å². The number of nitrogens with zero attached hydrogens (tertiary/aromatic N) is 4. The number of alkyl halides is 4. The first-order chi connectivity index (χ1) is 22.9. The van der Waals surface area contributed by atoms with E-state index in [0.717, 1.165) is 65.7 Å². The van der Waals surface area contributed by atoms with Crippen LogP contribution in [0, 0.1) is 11.3 Å². The minimum absolute atomic E-state index is 0.152. The molecule has 0 amide bonds. The Morgan fingerprint density at radius 1 is 1.08 bits per heavy atom. The lowest BCUT2D eigenvalue weighted by Gasteiger charge is -2.34. The van der Waals surface area contributed by atoms with E-state index in [1.54, 1.807) is 22.7 Å². The number of rotatable bonds is 19. The maximum Gasteiger partial charge on any atom is 0.481 e. The molecule has 4 rings (SSSR count). The van der Waals surface area contributed by atoms with Crippen molar-refractivity contribution in [2.45, 2.75) is 61.1 Å². The van der Waals surface area contributed by atoms with E-state index < -0.39 is 57.7 Å². The molecule has 0 aromatic carbocycles. The number of halogens is 4. The van der Waals surface area contributed by atoms with Crippen molar-refractivity contribution < 1.29 is 58.5 Å². The number of phosphoric acid groups is 1. The zero-order chi connectivity index (χ0) is 36.5. The number of nitrogens with one attached hydrogen (secondary N) is 1. The van der Waals surface area contributed by atoms with Crippen LogP contribution in [0.5, 0.6) is 0 Å². The van der Waals surface area contributed by atoms with Crippen LogP contribution in [-0.4, -0.2) is 95.5 Å². The summed E-state index contributed by atoms with van der Waals surface area (Å²) in [4.78, 5) is 13.6. The Balaban J connectivity index is 1.59. The number of phosphoric ester groups is 1. The molecule has 280 valence electrons. The first kappa shape index (κ1) is 41.3. The topological polar surface area (TPSA) is 171 Å². The second-order valence-electron chi connectivity index (χ2n) is 11.3. The van der Waals surface area contributed by atoms with Crippen LogP contribution in [0.25, 0.3) is 11.2 Å². The fourth-order valence-corrected chi connectivity index (χ4v) is 13.7. The predicted octanol–water partition coefficient (Wildman–Crippen LogP) is 7.99. The van der Waals surface area contributed by atoms with Crippen molar-refractivity contribution in [3.63, 3.8) is 0 Å². The van der Waals surface area contributed by atoms with E-state index >= 15 is 0 Å². The van der Waals surface area contributed by atoms with Gasteiger partial charge in [-0.25, -0.2) is 23.8 Å². The molecular formula is C25H40ClF3N5O10P3S2. The van der Waals surface area contributed by atoms with Gasteiger partial charge in [0.05, 0.1) is 25.5 Å². The molecule has 1 saturated carbocycles. The van der Waals surface area contributed by atoms with E-state index in [0.29, 0.717) is 23.5 Å². The molecule has 1 N–H and O–H groups in total. The number of anilines is 1. The predicted molar refractivity (Wildman–Crippen MR) is 180 cm³/mol. The average Bonchev–Trinajstić information content (AvgIpc) is 3.68. The first-order valence-corrected chi connectivity index (χ1v) is 22.1. The van der Waals surface area contributed by atoms with Gasteiger partial charge in [0.1, 0.15) is 6.23 Å². The van der Waals surface area contributed by atoms with Crippen LogP contribution in [0.1, 0.15) is 39.3 Å². The van der Waals surface area contributed by atoms with Crippen LogP contribution >= 0.6 is 58.1 Å². The largest absolute Gasteiger partial charge is 0.481 e. The fourth-order valence-electron chi connectivity index (χ4n) is 5.41. The van der Waals surface area contributed by atoms with Gasteiger partial charge in [-0.1, -0.05) is 30.3 Å². The molecule has 2 aromatic rings. The van der Waals surface area contributed by atoms with Crippen molar-refractivity contribution in [1.29, 1.82) is 0 Å². The van der Waals surface area contributed by atoms with Crippen LogP contribution < -0.4 is 5.32 Å². The Hall–Kier alpha value is -0.460. The third-order valence-electron chi connectivity index (χ3n) is 8.51. The summed E-state index contributed by atoms with van der Waals surface area (Å²) in [6, 6.07) is 0. The molecular weight excluding hydrogens is 780 g/mol. The molecule has 1 aliphatic heterocycles. The average molecular weight is 820 g/mol. The van der Waals surface area contributed by atoms with Crippen molar-refractivity contribution in [2.24, 2.45) is 11.3 Å². The van der Waals surface area contributed by atoms with Crippen molar-refractivity contribution in [3.05, 3.63) is 6.33 Å². The molecule has 1 aliphatic carbocycles. The third-order valence-corrected chi connectivity index (χ3v) is 18.7. The van der Waals surface area contributed by atoms with Crippen molar-refractivity contribution >= 4 is 75.1 Å². The summed E-state index contributed by atoms with van der Waals surface area (Å²) in [5.74, 6) is 0.703. The maximum atomic E-state index is 13.7. The minimum atomic E-state index is -4.80. The second-order valence-corrected chi connectivity index (χ2v) is 22.0. The molecule has 24 heteroatoms. The molecule has 2 aliphatic rings. The Kier molecular flexibility index (Phi) is 13.4. The van der Waals surface area contributed by atoms with Gasteiger partial charge in [0.15, 0.2) is 22.1 Å². The molecule has 2 fully saturated rings. The summed E-state index contributed by atoms with van der Waals surface area (Å²) in [7, 11) is -9.87. The van der Waals surface area contributed by atoms with Crippen LogP contribution in [0.2, 0.25) is 0 Å². The van der Waals surface area contributed by atoms with Gasteiger partial charge in [-0.15, -0.1) is 0 Å². The first-order valence-electron chi connectivity index (χ1n) is 14.8. The van der Waals surface area contributed by atoms with Gasteiger partial charge in [0, 0.05) is 51.9 Å². The van der Waals surface area contributed by atoms with Gasteiger partial charge < -0.3 is 23.6 Å². The van der Waals surface area contributed by atoms with Crippen molar-refractivity contribution in [3.8, 4) is 0 Å². The van der Waals surface area contributed by atoms with Gasteiger partial charge in [0.2, 0.25) is 4.36 Å². The molecule has 6 atom stereocenters. The summed E-state index contributed by atoms with van der Waals surface area (Å²) < 4.78 is 116. The number of fused-ring (bicyclic) bond motifs is 1. The van der Waals surface area contributed by atoms with E-state index in [4.69, 9.17) is 43.3 Å². The standard InChI is InChI=1S/C25H40ClF3N5O10P3S2/c1-16-17(14-42-47(37,41-6)44-46(36,40-5)23(2,26)45(35,38-3)39-4)43-21(24(16)8-9-24)34-15-31-18-19(30-11-13-48-7)32-22(33-20(18)34)49-12-10-25(27,28)29/h15-17,21H,8-14H2,1-7H3,(H,30,32,33)/t16?,17-,21-,23?,46?,47?/m1/s1. The quantitative estimate of drug-likeness (QED) is 0.0475. The molecule has 1 saturated heterocycles. The van der Waals surface area contributed by atoms with E-state index in [2.05, 4.69) is 20.3 Å². The van der Waals surface area contributed by atoms with Gasteiger partial charge >= 0.3 is 29.2 Å². The molecule has 4 unspecified atom stereocenters. The second kappa shape index (κ2) is 15.9. The highest BCUT2D eigenvalue weighted by Crippen LogP contribution is 2.83. The zero-order valence-electron chi connectivity index (χ0n) is 27.8. The Labute approximate surface area is 295 Å². The fraction of sp³-hybridized carbons (Fsp3) is 0.800. The lowest BCUT2D eigenvalue weighted by molar-refractivity contribution is -0.129. The Morgan fingerprint density at radius 2 is 1.73 bits per heavy atom. The van der Waals surface area contributed by atoms with Crippen LogP contribution in [-0.2, 0) is 45.4 Å². The smallest absolute Gasteiger partial charge is 0.367 e. The Morgan fingerprint density at radius 3 is 2.29 bits per heavy atom. The van der Waals surface area contributed by atoms with E-state index in [-0.39, 0.29) is 23.4 Å². The highest BCUT2D eigenvalue weighted by atomic mass is 35.5. The molecule has 0 radical (unpaired) electrons. The van der Waals surface area contributed by atoms with E-state index in [1.165, 1.54) is 0 Å². The molecule has 3 heterocycles. The van der Waals surface area contributed by atoms with Gasteiger partial charge in [0.25, 0.3) is 0 Å². The highest BCUT2D eigenvalue weighted by Gasteiger charge is 2.65. The van der Waals surface area contributed by atoms with Gasteiger partial charge in [-0.3, -0.25) is 22.7 Å². The van der Waals surface area contributed by atoms with Gasteiger partial charge in [-0.2, -0.15) is 24.9 Å². The molecule has 15 nitrogen and oxygen atoms in total. The molecule has 2 aromatic heterocycles. The number of hydrogen-bond donors (Lipinski definition) is 1. The summed E-state index contributed by atoms with van der Waals surface area (Å²) >= 11 is 8.88. The van der Waals surface area contributed by atoms with E-state index in [9.17, 15) is 26.9 Å². The van der Waals surface area contributed by atoms with E-state index in [1.807, 2.05) is 13.2 Å². The summed E-state index contributed by atoms with van der Waals surface area (Å²) in [6.07, 6.45) is -1.63. The van der Waals surface area contributed by atoms with Crippen LogP contribution in [0.4, 0.5) is 19.0 Å². The number of hydrogen-bond acceptors (Lipinski definition) is 16. The SMILES string of the molecule is COP(=O)(OC[C@H]1O[C@@H](n2cnc3c(NCCSC)nc(SCCC(F)(F)F)nc32)C2(CC2)C1C)OP(=O)(OC)C(C)(Cl)P(=O)(OC)OC. The monoisotopic (exact) mass is 819 g/mol. The molecule has 1 spiro atoms. The van der Waals surface area contributed by atoms with Crippen LogP contribution in [0.15, 0.2) is 11.5 Å². The van der Waals surface area contributed by atoms with Crippen molar-refractivity contribution in [2.75, 3.05) is 64.7 Å².